The van der Waals surface area contributed by atoms with Crippen LogP contribution in [0.1, 0.15) is 18.1 Å². The molecule has 0 bridgehead atoms. The van der Waals surface area contributed by atoms with Gasteiger partial charge in [0.1, 0.15) is 5.82 Å². The Bertz CT molecular complexity index is 793. The van der Waals surface area contributed by atoms with Crippen molar-refractivity contribution < 1.29 is 4.39 Å². The first-order valence-corrected chi connectivity index (χ1v) is 7.56. The first kappa shape index (κ1) is 14.1. The number of hydrogen-bond acceptors (Lipinski definition) is 2. The van der Waals surface area contributed by atoms with Crippen LogP contribution in [-0.2, 0) is 13.0 Å². The van der Waals surface area contributed by atoms with E-state index in [4.69, 9.17) is 5.73 Å². The summed E-state index contributed by atoms with van der Waals surface area (Å²) in [4.78, 5) is 4.22. The summed E-state index contributed by atoms with van der Waals surface area (Å²) in [6.07, 6.45) is 1.02. The highest BCUT2D eigenvalue weighted by atomic mass is 79.9. The topological polar surface area (TPSA) is 43.8 Å². The number of aryl methyl sites for hydroxylation is 1. The highest BCUT2D eigenvalue weighted by Gasteiger charge is 2.12. The van der Waals surface area contributed by atoms with Gasteiger partial charge in [-0.3, -0.25) is 0 Å². The Morgan fingerprint density at radius 2 is 1.86 bits per heavy atom. The molecule has 3 nitrogen and oxygen atoms in total. The molecule has 0 spiro atoms. The quantitative estimate of drug-likeness (QED) is 0.773. The van der Waals surface area contributed by atoms with E-state index < -0.39 is 0 Å². The minimum absolute atomic E-state index is 0.334. The van der Waals surface area contributed by atoms with Crippen molar-refractivity contribution in [3.63, 3.8) is 0 Å². The van der Waals surface area contributed by atoms with Gasteiger partial charge in [-0.15, -0.1) is 0 Å². The molecule has 0 amide bonds. The lowest BCUT2D eigenvalue weighted by atomic mass is 10.1. The van der Waals surface area contributed by atoms with Gasteiger partial charge in [0.2, 0.25) is 5.95 Å². The van der Waals surface area contributed by atoms with Gasteiger partial charge in [0, 0.05) is 6.07 Å². The van der Waals surface area contributed by atoms with E-state index >= 15 is 0 Å². The van der Waals surface area contributed by atoms with Gasteiger partial charge in [-0.05, 0) is 39.5 Å². The van der Waals surface area contributed by atoms with Crippen molar-refractivity contribution in [3.8, 4) is 0 Å². The zero-order chi connectivity index (χ0) is 15.0. The second kappa shape index (κ2) is 5.48. The van der Waals surface area contributed by atoms with Crippen LogP contribution in [0.3, 0.4) is 0 Å². The lowest BCUT2D eigenvalue weighted by Gasteiger charge is -2.08. The summed E-state index contributed by atoms with van der Waals surface area (Å²) >= 11 is 3.21. The number of nitrogens with two attached hydrogens (primary N) is 1. The summed E-state index contributed by atoms with van der Waals surface area (Å²) in [7, 11) is 0. The van der Waals surface area contributed by atoms with Crippen molar-refractivity contribution in [1.29, 1.82) is 0 Å². The fraction of sp³-hybridized carbons (Fsp3) is 0.188. The van der Waals surface area contributed by atoms with Crippen molar-refractivity contribution in [2.24, 2.45) is 0 Å². The molecule has 0 saturated carbocycles. The number of anilines is 1. The molecule has 108 valence electrons. The number of fused-ring (bicyclic) bond motifs is 1. The van der Waals surface area contributed by atoms with Crippen LogP contribution in [0.2, 0.25) is 0 Å². The third-order valence-electron chi connectivity index (χ3n) is 3.59. The summed E-state index contributed by atoms with van der Waals surface area (Å²) in [6, 6.07) is 11.5. The smallest absolute Gasteiger partial charge is 0.201 e. The molecule has 0 atom stereocenters. The third kappa shape index (κ3) is 2.65. The lowest BCUT2D eigenvalue weighted by molar-refractivity contribution is 0.622. The van der Waals surface area contributed by atoms with Crippen LogP contribution in [0.25, 0.3) is 11.0 Å². The standard InChI is InChI=1S/C16H15BrFN3/c1-2-10-3-5-11(6-4-10)9-21-15-7-12(17)13(18)8-14(15)20-16(21)19/h3-8H,2,9H2,1H3,(H2,19,20). The zero-order valence-corrected chi connectivity index (χ0v) is 13.2. The van der Waals surface area contributed by atoms with Crippen molar-refractivity contribution in [2.75, 3.05) is 5.73 Å². The number of hydrogen-bond donors (Lipinski definition) is 1. The minimum Gasteiger partial charge on any atom is -0.369 e. The minimum atomic E-state index is -0.334. The predicted octanol–water partition coefficient (Wildman–Crippen LogP) is 4.13. The third-order valence-corrected chi connectivity index (χ3v) is 4.20. The number of rotatable bonds is 3. The SMILES string of the molecule is CCc1ccc(Cn2c(N)nc3cc(F)c(Br)cc32)cc1. The number of nitrogens with zero attached hydrogens (tertiary/aromatic N) is 2. The number of aromatic nitrogens is 2. The average Bonchev–Trinajstić information content (AvgIpc) is 2.76. The van der Waals surface area contributed by atoms with Crippen LogP contribution >= 0.6 is 15.9 Å². The summed E-state index contributed by atoms with van der Waals surface area (Å²) < 4.78 is 15.9. The van der Waals surface area contributed by atoms with Gasteiger partial charge in [-0.2, -0.15) is 0 Å². The molecule has 0 aliphatic rings. The van der Waals surface area contributed by atoms with E-state index in [0.29, 0.717) is 22.5 Å². The zero-order valence-electron chi connectivity index (χ0n) is 11.6. The van der Waals surface area contributed by atoms with Crippen LogP contribution < -0.4 is 5.73 Å². The van der Waals surface area contributed by atoms with E-state index in [1.165, 1.54) is 11.6 Å². The molecule has 0 fully saturated rings. The number of imidazole rings is 1. The molecule has 3 rings (SSSR count). The molecule has 2 N–H and O–H groups in total. The number of nitrogen functional groups attached to an aromatic ring is 1. The fourth-order valence-electron chi connectivity index (χ4n) is 2.37. The molecular weight excluding hydrogens is 333 g/mol. The van der Waals surface area contributed by atoms with E-state index in [0.717, 1.165) is 17.5 Å². The Labute approximate surface area is 130 Å². The second-order valence-corrected chi connectivity index (χ2v) is 5.84. The molecule has 0 aliphatic heterocycles. The van der Waals surface area contributed by atoms with Gasteiger partial charge >= 0.3 is 0 Å². The number of benzene rings is 2. The van der Waals surface area contributed by atoms with Crippen molar-refractivity contribution in [3.05, 3.63) is 57.8 Å². The van der Waals surface area contributed by atoms with Gasteiger partial charge in [0.25, 0.3) is 0 Å². The first-order chi connectivity index (χ1) is 10.1. The lowest BCUT2D eigenvalue weighted by Crippen LogP contribution is -2.04. The van der Waals surface area contributed by atoms with Crippen molar-refractivity contribution in [1.82, 2.24) is 9.55 Å². The summed E-state index contributed by atoms with van der Waals surface area (Å²) in [6.45, 7) is 2.74. The molecule has 1 aromatic heterocycles. The maximum atomic E-state index is 13.6. The summed E-state index contributed by atoms with van der Waals surface area (Å²) in [5.74, 6) is 0.0570. The molecule has 2 aromatic carbocycles. The molecule has 3 aromatic rings. The van der Waals surface area contributed by atoms with Crippen molar-refractivity contribution in [2.45, 2.75) is 19.9 Å². The predicted molar refractivity (Wildman–Crippen MR) is 86.7 cm³/mol. The molecule has 1 heterocycles. The highest BCUT2D eigenvalue weighted by molar-refractivity contribution is 9.10. The number of halogens is 2. The molecule has 0 aliphatic carbocycles. The molecule has 21 heavy (non-hydrogen) atoms. The Kier molecular flexibility index (Phi) is 3.68. The van der Waals surface area contributed by atoms with E-state index in [1.807, 2.05) is 4.57 Å². The Hall–Kier alpha value is -1.88. The first-order valence-electron chi connectivity index (χ1n) is 6.77. The maximum Gasteiger partial charge on any atom is 0.201 e. The van der Waals surface area contributed by atoms with E-state index in [9.17, 15) is 4.39 Å². The summed E-state index contributed by atoms with van der Waals surface area (Å²) in [5, 5.41) is 0. The summed E-state index contributed by atoms with van der Waals surface area (Å²) in [5.41, 5.74) is 9.80. The Morgan fingerprint density at radius 3 is 2.52 bits per heavy atom. The van der Waals surface area contributed by atoms with Gasteiger partial charge in [-0.1, -0.05) is 31.2 Å². The highest BCUT2D eigenvalue weighted by Crippen LogP contribution is 2.26. The van der Waals surface area contributed by atoms with Crippen LogP contribution in [-0.4, -0.2) is 9.55 Å². The largest absolute Gasteiger partial charge is 0.369 e. The second-order valence-electron chi connectivity index (χ2n) is 4.98. The van der Waals surface area contributed by atoms with Crippen LogP contribution in [0, 0.1) is 5.82 Å². The van der Waals surface area contributed by atoms with Gasteiger partial charge in [-0.25, -0.2) is 9.37 Å². The van der Waals surface area contributed by atoms with Gasteiger partial charge < -0.3 is 10.3 Å². The fourth-order valence-corrected chi connectivity index (χ4v) is 2.70. The maximum absolute atomic E-state index is 13.6. The van der Waals surface area contributed by atoms with Gasteiger partial charge in [0.05, 0.1) is 22.1 Å². The van der Waals surface area contributed by atoms with Crippen LogP contribution in [0.15, 0.2) is 40.9 Å². The molecule has 0 radical (unpaired) electrons. The van der Waals surface area contributed by atoms with Gasteiger partial charge in [0.15, 0.2) is 0 Å². The Morgan fingerprint density at radius 1 is 1.19 bits per heavy atom. The van der Waals surface area contributed by atoms with E-state index in [2.05, 4.69) is 52.1 Å². The van der Waals surface area contributed by atoms with E-state index in [1.54, 1.807) is 6.07 Å². The monoisotopic (exact) mass is 347 g/mol. The van der Waals surface area contributed by atoms with Crippen LogP contribution in [0.4, 0.5) is 10.3 Å². The van der Waals surface area contributed by atoms with Crippen LogP contribution in [0.5, 0.6) is 0 Å². The molecular formula is C16H15BrFN3. The molecule has 5 heteroatoms. The van der Waals surface area contributed by atoms with E-state index in [-0.39, 0.29) is 5.82 Å². The van der Waals surface area contributed by atoms with Crippen molar-refractivity contribution >= 4 is 32.9 Å². The average molecular weight is 348 g/mol. The molecule has 0 unspecified atom stereocenters. The normalized spacial score (nSPS) is 11.2. The Balaban J connectivity index is 2.03. The molecule has 0 saturated heterocycles.